The molecule has 26 heavy (non-hydrogen) atoms. The maximum Gasteiger partial charge on any atom is 0.166 e. The second-order valence-electron chi connectivity index (χ2n) is 6.50. The summed E-state index contributed by atoms with van der Waals surface area (Å²) in [5, 5.41) is 8.84. The smallest absolute Gasteiger partial charge is 0.166 e. The topological polar surface area (TPSA) is 75.5 Å². The molecule has 0 atom stereocenters. The van der Waals surface area contributed by atoms with Crippen molar-refractivity contribution in [2.75, 3.05) is 31.2 Å². The lowest BCUT2D eigenvalue weighted by molar-refractivity contribution is 0.0899. The minimum atomic E-state index is 0.0140. The number of rotatable bonds is 3. The van der Waals surface area contributed by atoms with Gasteiger partial charge in [-0.3, -0.25) is 4.79 Å². The van der Waals surface area contributed by atoms with Crippen molar-refractivity contribution in [2.24, 2.45) is 5.92 Å². The van der Waals surface area contributed by atoms with Gasteiger partial charge in [0, 0.05) is 24.6 Å². The number of ketones is 1. The molecule has 1 fully saturated rings. The van der Waals surface area contributed by atoms with E-state index < -0.39 is 0 Å². The Morgan fingerprint density at radius 2 is 1.88 bits per heavy atom. The molecule has 0 saturated carbocycles. The van der Waals surface area contributed by atoms with E-state index in [0.717, 1.165) is 31.6 Å². The number of fused-ring (bicyclic) bond motifs is 1. The van der Waals surface area contributed by atoms with Gasteiger partial charge in [0.25, 0.3) is 0 Å². The highest BCUT2D eigenvalue weighted by Gasteiger charge is 2.27. The Labute approximate surface area is 152 Å². The molecule has 6 nitrogen and oxygen atoms in total. The fraction of sp³-hybridized carbons (Fsp3) is 0.350. The molecule has 0 aliphatic carbocycles. The van der Waals surface area contributed by atoms with Crippen molar-refractivity contribution in [3.8, 4) is 17.6 Å². The van der Waals surface area contributed by atoms with Gasteiger partial charge in [-0.1, -0.05) is 0 Å². The first-order valence-electron chi connectivity index (χ1n) is 8.79. The van der Waals surface area contributed by atoms with Crippen LogP contribution in [0.5, 0.6) is 11.5 Å². The maximum atomic E-state index is 12.8. The molecule has 1 aromatic heterocycles. The molecule has 0 bridgehead atoms. The molecule has 132 valence electrons. The summed E-state index contributed by atoms with van der Waals surface area (Å²) in [6, 6.07) is 11.1. The van der Waals surface area contributed by atoms with E-state index >= 15 is 0 Å². The van der Waals surface area contributed by atoms with E-state index in [9.17, 15) is 4.79 Å². The Morgan fingerprint density at radius 3 is 2.58 bits per heavy atom. The normalized spacial score (nSPS) is 16.8. The standard InChI is InChI=1S/C20H19N3O3/c21-12-16-2-3-17(13-22-16)23-7-5-14(6-8-23)20(24)15-1-4-18-19(11-15)26-10-9-25-18/h1-4,11,13-14H,5-10H2. The molecule has 2 aliphatic rings. The summed E-state index contributed by atoms with van der Waals surface area (Å²) >= 11 is 0. The Bertz CT molecular complexity index is 850. The molecule has 0 spiro atoms. The van der Waals surface area contributed by atoms with Crippen LogP contribution in [0.1, 0.15) is 28.9 Å². The van der Waals surface area contributed by atoms with Gasteiger partial charge in [0.2, 0.25) is 0 Å². The van der Waals surface area contributed by atoms with Crippen LogP contribution in [0.4, 0.5) is 5.69 Å². The molecule has 3 heterocycles. The Balaban J connectivity index is 1.41. The third kappa shape index (κ3) is 3.21. The van der Waals surface area contributed by atoms with Crippen LogP contribution < -0.4 is 14.4 Å². The van der Waals surface area contributed by atoms with E-state index in [4.69, 9.17) is 14.7 Å². The number of hydrogen-bond donors (Lipinski definition) is 0. The maximum absolute atomic E-state index is 12.8. The predicted molar refractivity (Wildman–Crippen MR) is 95.7 cm³/mol. The monoisotopic (exact) mass is 349 g/mol. The molecule has 2 aliphatic heterocycles. The molecule has 0 amide bonds. The first-order valence-corrected chi connectivity index (χ1v) is 8.79. The van der Waals surface area contributed by atoms with E-state index in [1.54, 1.807) is 18.3 Å². The highest BCUT2D eigenvalue weighted by atomic mass is 16.6. The Hall–Kier alpha value is -3.07. The second-order valence-corrected chi connectivity index (χ2v) is 6.50. The number of hydrogen-bond acceptors (Lipinski definition) is 6. The lowest BCUT2D eigenvalue weighted by Gasteiger charge is -2.32. The summed E-state index contributed by atoms with van der Waals surface area (Å²) in [4.78, 5) is 19.2. The molecule has 1 saturated heterocycles. The zero-order valence-corrected chi connectivity index (χ0v) is 14.4. The molecule has 0 unspecified atom stereocenters. The lowest BCUT2D eigenvalue weighted by Crippen LogP contribution is -2.36. The van der Waals surface area contributed by atoms with Crippen LogP contribution >= 0.6 is 0 Å². The zero-order valence-electron chi connectivity index (χ0n) is 14.4. The third-order valence-corrected chi connectivity index (χ3v) is 4.92. The molecular formula is C20H19N3O3. The first kappa shape index (κ1) is 16.4. The zero-order chi connectivity index (χ0) is 17.9. The molecule has 6 heteroatoms. The fourth-order valence-electron chi connectivity index (χ4n) is 3.47. The van der Waals surface area contributed by atoms with E-state index in [1.807, 2.05) is 24.3 Å². The number of nitrogens with zero attached hydrogens (tertiary/aromatic N) is 3. The van der Waals surface area contributed by atoms with Crippen LogP contribution in [-0.4, -0.2) is 37.1 Å². The number of Topliss-reactive ketones (excluding diaryl/α,β-unsaturated/α-hetero) is 1. The average Bonchev–Trinajstić information content (AvgIpc) is 2.73. The summed E-state index contributed by atoms with van der Waals surface area (Å²) in [6.45, 7) is 2.66. The van der Waals surface area contributed by atoms with Crippen LogP contribution in [0.15, 0.2) is 36.5 Å². The molecular weight excluding hydrogens is 330 g/mol. The van der Waals surface area contributed by atoms with Gasteiger partial charge in [-0.15, -0.1) is 0 Å². The van der Waals surface area contributed by atoms with Gasteiger partial charge in [-0.05, 0) is 43.2 Å². The van der Waals surface area contributed by atoms with Gasteiger partial charge >= 0.3 is 0 Å². The largest absolute Gasteiger partial charge is 0.486 e. The Kier molecular flexibility index (Phi) is 4.44. The molecule has 0 N–H and O–H groups in total. The van der Waals surface area contributed by atoms with Crippen molar-refractivity contribution in [3.63, 3.8) is 0 Å². The van der Waals surface area contributed by atoms with Crippen LogP contribution in [0, 0.1) is 17.2 Å². The van der Waals surface area contributed by atoms with Gasteiger partial charge in [0.05, 0.1) is 11.9 Å². The van der Waals surface area contributed by atoms with Gasteiger partial charge in [0.1, 0.15) is 25.0 Å². The van der Waals surface area contributed by atoms with E-state index in [-0.39, 0.29) is 11.7 Å². The van der Waals surface area contributed by atoms with E-state index in [0.29, 0.717) is 36.0 Å². The van der Waals surface area contributed by atoms with Crippen molar-refractivity contribution >= 4 is 11.5 Å². The van der Waals surface area contributed by atoms with E-state index in [1.165, 1.54) is 0 Å². The summed E-state index contributed by atoms with van der Waals surface area (Å²) in [5.41, 5.74) is 2.10. The molecule has 4 rings (SSSR count). The highest BCUT2D eigenvalue weighted by molar-refractivity contribution is 5.98. The van der Waals surface area contributed by atoms with E-state index in [2.05, 4.69) is 9.88 Å². The van der Waals surface area contributed by atoms with Crippen LogP contribution in [0.3, 0.4) is 0 Å². The average molecular weight is 349 g/mol. The van der Waals surface area contributed by atoms with Crippen LogP contribution in [0.25, 0.3) is 0 Å². The van der Waals surface area contributed by atoms with Gasteiger partial charge in [-0.25, -0.2) is 4.98 Å². The van der Waals surface area contributed by atoms with Crippen molar-refractivity contribution in [1.82, 2.24) is 4.98 Å². The molecule has 1 aromatic carbocycles. The van der Waals surface area contributed by atoms with Gasteiger partial charge in [-0.2, -0.15) is 5.26 Å². The first-order chi connectivity index (χ1) is 12.7. The summed E-state index contributed by atoms with van der Waals surface area (Å²) in [6.07, 6.45) is 3.32. The third-order valence-electron chi connectivity index (χ3n) is 4.92. The minimum absolute atomic E-state index is 0.0140. The number of nitriles is 1. The Morgan fingerprint density at radius 1 is 1.12 bits per heavy atom. The predicted octanol–water partition coefficient (Wildman–Crippen LogP) is 2.82. The number of carbonyl (C=O) groups is 1. The van der Waals surface area contributed by atoms with Crippen molar-refractivity contribution < 1.29 is 14.3 Å². The number of carbonyl (C=O) groups excluding carboxylic acids is 1. The SMILES string of the molecule is N#Cc1ccc(N2CCC(C(=O)c3ccc4c(c3)OCCO4)CC2)cn1. The number of aromatic nitrogens is 1. The number of benzene rings is 1. The summed E-state index contributed by atoms with van der Waals surface area (Å²) in [7, 11) is 0. The summed E-state index contributed by atoms with van der Waals surface area (Å²) < 4.78 is 11.1. The van der Waals surface area contributed by atoms with Crippen molar-refractivity contribution in [3.05, 3.63) is 47.8 Å². The lowest BCUT2D eigenvalue weighted by atomic mass is 9.88. The number of anilines is 1. The highest BCUT2D eigenvalue weighted by Crippen LogP contribution is 2.33. The minimum Gasteiger partial charge on any atom is -0.486 e. The number of pyridine rings is 1. The van der Waals surface area contributed by atoms with Crippen molar-refractivity contribution in [1.29, 1.82) is 5.26 Å². The van der Waals surface area contributed by atoms with Crippen molar-refractivity contribution in [2.45, 2.75) is 12.8 Å². The fourth-order valence-corrected chi connectivity index (χ4v) is 3.47. The molecule has 0 radical (unpaired) electrons. The number of piperidine rings is 1. The second kappa shape index (κ2) is 7.04. The van der Waals surface area contributed by atoms with Crippen LogP contribution in [-0.2, 0) is 0 Å². The molecule has 2 aromatic rings. The van der Waals surface area contributed by atoms with Gasteiger partial charge in [0.15, 0.2) is 17.3 Å². The summed E-state index contributed by atoms with van der Waals surface area (Å²) in [5.74, 6) is 1.54. The number of ether oxygens (including phenoxy) is 2. The van der Waals surface area contributed by atoms with Gasteiger partial charge < -0.3 is 14.4 Å². The quantitative estimate of drug-likeness (QED) is 0.793. The van der Waals surface area contributed by atoms with Crippen LogP contribution in [0.2, 0.25) is 0 Å².